The Balaban J connectivity index is -0.00000233. The van der Waals surface area contributed by atoms with Gasteiger partial charge in [-0.25, -0.2) is 13.1 Å². The average molecular weight is 493 g/mol. The van der Waals surface area contributed by atoms with Crippen molar-refractivity contribution in [2.75, 3.05) is 5.73 Å². The van der Waals surface area contributed by atoms with Crippen LogP contribution in [0, 0.1) is 0 Å². The zero-order chi connectivity index (χ0) is 24.1. The van der Waals surface area contributed by atoms with Crippen LogP contribution in [0.3, 0.4) is 0 Å². The van der Waals surface area contributed by atoms with Crippen LogP contribution >= 0.6 is 0 Å². The van der Waals surface area contributed by atoms with Gasteiger partial charge in [-0.2, -0.15) is 0 Å². The Morgan fingerprint density at radius 3 is 1.55 bits per heavy atom. The number of unbranched alkanes of at least 4 members (excludes halogenated alkanes) is 14. The molecule has 3 N–H and O–H groups in total. The molecule has 0 aliphatic heterocycles. The number of sulfonamides is 1. The summed E-state index contributed by atoms with van der Waals surface area (Å²) < 4.78 is 26.4. The van der Waals surface area contributed by atoms with Crippen molar-refractivity contribution in [3.8, 4) is 0 Å². The number of amides is 1. The molecule has 0 fully saturated rings. The summed E-state index contributed by atoms with van der Waals surface area (Å²) in [7, 11) is -3.80. The molecule has 1 aromatic carbocycles. The third kappa shape index (κ3) is 19.1. The number of nitrogens with one attached hydrogen (secondary N) is 1. The monoisotopic (exact) mass is 492 g/mol. The first-order valence-electron chi connectivity index (χ1n) is 12.2. The van der Waals surface area contributed by atoms with E-state index in [1.54, 1.807) is 0 Å². The first kappa shape index (κ1) is 34.3. The van der Waals surface area contributed by atoms with Crippen molar-refractivity contribution in [3.05, 3.63) is 24.3 Å². The zero-order valence-corrected chi connectivity index (χ0v) is 23.8. The van der Waals surface area contributed by atoms with Crippen molar-refractivity contribution >= 4 is 28.4 Å². The number of anilines is 1. The molecule has 0 bridgehead atoms. The molecule has 33 heavy (non-hydrogen) atoms. The van der Waals surface area contributed by atoms with Gasteiger partial charge in [-0.3, -0.25) is 4.79 Å². The van der Waals surface area contributed by atoms with Gasteiger partial charge >= 0.3 is 29.6 Å². The largest absolute Gasteiger partial charge is 1.00 e. The molecule has 1 aromatic rings. The standard InChI is InChI=1S/C24H42N2O3S.CH2O.Na.H/c1-2-3-4-5-6-7-8-9-10-11-12-13-14-15-16-17-24(27)26-30(28,29)23-20-18-22(25)19-21-23;1-2;;/h18-21H,2-17,25H2,1H3,(H,26,27);1H2;;/q;;+1;-1. The number of nitrogens with two attached hydrogens (primary N) is 1. The summed E-state index contributed by atoms with van der Waals surface area (Å²) in [5, 5.41) is 0. The molecule has 0 atom stereocenters. The number of benzene rings is 1. The summed E-state index contributed by atoms with van der Waals surface area (Å²) >= 11 is 0. The van der Waals surface area contributed by atoms with Crippen molar-refractivity contribution in [3.63, 3.8) is 0 Å². The van der Waals surface area contributed by atoms with E-state index in [0.717, 1.165) is 19.3 Å². The van der Waals surface area contributed by atoms with Crippen LogP contribution in [0.4, 0.5) is 5.69 Å². The Bertz CT molecular complexity index is 703. The first-order valence-corrected chi connectivity index (χ1v) is 13.6. The van der Waals surface area contributed by atoms with E-state index in [0.29, 0.717) is 5.69 Å². The molecule has 0 aliphatic carbocycles. The Morgan fingerprint density at radius 2 is 1.15 bits per heavy atom. The molecular weight excluding hydrogens is 447 g/mol. The van der Waals surface area contributed by atoms with Crippen LogP contribution in [0.15, 0.2) is 29.2 Å². The van der Waals surface area contributed by atoms with E-state index in [4.69, 9.17) is 10.5 Å². The van der Waals surface area contributed by atoms with Gasteiger partial charge in [0.1, 0.15) is 6.79 Å². The Morgan fingerprint density at radius 1 is 0.788 bits per heavy atom. The molecule has 0 aliphatic rings. The van der Waals surface area contributed by atoms with Gasteiger partial charge in [0.15, 0.2) is 0 Å². The summed E-state index contributed by atoms with van der Waals surface area (Å²) in [6, 6.07) is 5.82. The smallest absolute Gasteiger partial charge is 1.00 e. The van der Waals surface area contributed by atoms with Gasteiger partial charge in [-0.1, -0.05) is 96.8 Å². The van der Waals surface area contributed by atoms with Gasteiger partial charge in [0.2, 0.25) is 5.91 Å². The zero-order valence-electron chi connectivity index (χ0n) is 21.9. The summed E-state index contributed by atoms with van der Waals surface area (Å²) in [6.07, 6.45) is 19.2. The number of carbonyl (C=O) groups is 2. The van der Waals surface area contributed by atoms with Crippen LogP contribution in [0.5, 0.6) is 0 Å². The van der Waals surface area contributed by atoms with Crippen LogP contribution in [0.2, 0.25) is 0 Å². The molecule has 8 heteroatoms. The molecule has 0 radical (unpaired) electrons. The fraction of sp³-hybridized carbons (Fsp3) is 0.680. The van der Waals surface area contributed by atoms with E-state index in [-0.39, 0.29) is 42.3 Å². The second-order valence-electron chi connectivity index (χ2n) is 8.30. The van der Waals surface area contributed by atoms with Crippen molar-refractivity contribution in [1.82, 2.24) is 4.72 Å². The van der Waals surface area contributed by atoms with Crippen LogP contribution in [0.1, 0.15) is 111 Å². The minimum atomic E-state index is -3.80. The summed E-state index contributed by atoms with van der Waals surface area (Å²) in [6.45, 7) is 4.26. The minimum Gasteiger partial charge on any atom is -1.00 e. The SMILES string of the molecule is C=O.CCCCCCCCCCCCCCCCCC(=O)NS(=O)(=O)c1ccc(N)cc1.[H-].[Na+]. The first-order chi connectivity index (χ1) is 15.5. The second-order valence-corrected chi connectivity index (χ2v) is 9.98. The number of hydrogen-bond acceptors (Lipinski definition) is 5. The third-order valence-corrected chi connectivity index (χ3v) is 6.84. The van der Waals surface area contributed by atoms with E-state index >= 15 is 0 Å². The molecule has 0 unspecified atom stereocenters. The minimum absolute atomic E-state index is 0. The number of hydrogen-bond donors (Lipinski definition) is 2. The molecule has 0 saturated heterocycles. The van der Waals surface area contributed by atoms with E-state index in [1.807, 2.05) is 6.79 Å². The Labute approximate surface area is 225 Å². The topological polar surface area (TPSA) is 106 Å². The van der Waals surface area contributed by atoms with Gasteiger partial charge in [-0.05, 0) is 30.7 Å². The van der Waals surface area contributed by atoms with E-state index in [9.17, 15) is 13.2 Å². The molecule has 0 aromatic heterocycles. The maximum atomic E-state index is 12.1. The van der Waals surface area contributed by atoms with Crippen molar-refractivity contribution in [2.45, 2.75) is 115 Å². The number of rotatable bonds is 18. The summed E-state index contributed by atoms with van der Waals surface area (Å²) in [5.41, 5.74) is 6.04. The van der Waals surface area contributed by atoms with E-state index in [2.05, 4.69) is 11.6 Å². The number of carbonyl (C=O) groups excluding carboxylic acids is 2. The number of nitrogen functional groups attached to an aromatic ring is 1. The van der Waals surface area contributed by atoms with Crippen LogP contribution in [-0.2, 0) is 19.6 Å². The second kappa shape index (κ2) is 22.9. The van der Waals surface area contributed by atoms with Crippen LogP contribution in [-0.4, -0.2) is 21.1 Å². The molecule has 6 nitrogen and oxygen atoms in total. The molecular formula is C25H45N2NaO4S. The maximum absolute atomic E-state index is 12.1. The van der Waals surface area contributed by atoms with Gasteiger partial charge in [0, 0.05) is 12.1 Å². The fourth-order valence-electron chi connectivity index (χ4n) is 3.56. The van der Waals surface area contributed by atoms with Crippen molar-refractivity contribution in [2.24, 2.45) is 0 Å². The van der Waals surface area contributed by atoms with Gasteiger partial charge < -0.3 is 12.0 Å². The van der Waals surface area contributed by atoms with Crippen molar-refractivity contribution < 1.29 is 49.0 Å². The maximum Gasteiger partial charge on any atom is 1.00 e. The van der Waals surface area contributed by atoms with E-state index in [1.165, 1.54) is 101 Å². The molecule has 0 spiro atoms. The van der Waals surface area contributed by atoms with Crippen molar-refractivity contribution in [1.29, 1.82) is 0 Å². The van der Waals surface area contributed by atoms with E-state index < -0.39 is 15.9 Å². The molecule has 0 heterocycles. The van der Waals surface area contributed by atoms with Gasteiger partial charge in [0.25, 0.3) is 10.0 Å². The Kier molecular flexibility index (Phi) is 23.8. The third-order valence-electron chi connectivity index (χ3n) is 5.45. The quantitative estimate of drug-likeness (QED) is 0.186. The fourth-order valence-corrected chi connectivity index (χ4v) is 4.58. The van der Waals surface area contributed by atoms with Crippen LogP contribution in [0.25, 0.3) is 0 Å². The van der Waals surface area contributed by atoms with Gasteiger partial charge in [0.05, 0.1) is 4.90 Å². The van der Waals surface area contributed by atoms with Gasteiger partial charge in [-0.15, -0.1) is 0 Å². The summed E-state index contributed by atoms with van der Waals surface area (Å²) in [4.78, 5) is 20.0. The molecule has 186 valence electrons. The average Bonchev–Trinajstić information content (AvgIpc) is 2.78. The van der Waals surface area contributed by atoms with Crippen LogP contribution < -0.4 is 40.0 Å². The normalized spacial score (nSPS) is 10.6. The molecule has 1 amide bonds. The molecule has 0 saturated carbocycles. The predicted octanol–water partition coefficient (Wildman–Crippen LogP) is 3.27. The molecule has 1 rings (SSSR count). The predicted molar refractivity (Wildman–Crippen MR) is 134 cm³/mol. The Hall–Kier alpha value is -0.890. The summed E-state index contributed by atoms with van der Waals surface area (Å²) in [5.74, 6) is -0.443.